The summed E-state index contributed by atoms with van der Waals surface area (Å²) < 4.78 is 20.0. The Balaban J connectivity index is 2.47. The summed E-state index contributed by atoms with van der Waals surface area (Å²) in [6.45, 7) is 16.5. The fourth-order valence-corrected chi connectivity index (χ4v) is 2.92. The molecule has 3 nitrogen and oxygen atoms in total. The monoisotopic (exact) mass is 318 g/mol. The lowest BCUT2D eigenvalue weighted by Gasteiger charge is -2.37. The molecule has 5 heteroatoms. The summed E-state index contributed by atoms with van der Waals surface area (Å²) in [5.74, 6) is -0.0187. The zero-order chi connectivity index (χ0) is 16.7. The average Bonchev–Trinajstić information content (AvgIpc) is 2.37. The number of hydrogen-bond donors (Lipinski definition) is 0. The third-order valence-electron chi connectivity index (χ3n) is 4.30. The average molecular weight is 318 g/mol. The van der Waals surface area contributed by atoms with Crippen LogP contribution in [0.25, 0.3) is 16.8 Å². The molecule has 1 aromatic carbocycles. The van der Waals surface area contributed by atoms with Gasteiger partial charge < -0.3 is 4.43 Å². The van der Waals surface area contributed by atoms with E-state index >= 15 is 0 Å². The van der Waals surface area contributed by atoms with Gasteiger partial charge in [0.15, 0.2) is 0 Å². The summed E-state index contributed by atoms with van der Waals surface area (Å²) in [4.78, 5) is 8.27. The number of aromatic nitrogens is 2. The number of fused-ring (bicyclic) bond motifs is 1. The molecule has 0 aliphatic heterocycles. The van der Waals surface area contributed by atoms with Crippen molar-refractivity contribution in [2.24, 2.45) is 0 Å². The van der Waals surface area contributed by atoms with Crippen molar-refractivity contribution in [2.75, 3.05) is 0 Å². The Labute approximate surface area is 132 Å². The van der Waals surface area contributed by atoms with Crippen molar-refractivity contribution in [3.63, 3.8) is 0 Å². The van der Waals surface area contributed by atoms with Crippen LogP contribution < -0.4 is 0 Å². The van der Waals surface area contributed by atoms with E-state index in [2.05, 4.69) is 50.4 Å². The van der Waals surface area contributed by atoms with Gasteiger partial charge in [0.05, 0.1) is 11.2 Å². The molecule has 2 aromatic rings. The minimum atomic E-state index is -2.00. The number of aryl methyl sites for hydroxylation is 1. The number of nitrogens with zero attached hydrogens (tertiary/aromatic N) is 2. The van der Waals surface area contributed by atoms with Crippen molar-refractivity contribution in [2.45, 2.75) is 45.8 Å². The molecule has 0 unspecified atom stereocenters. The number of hydrogen-bond acceptors (Lipinski definition) is 3. The highest BCUT2D eigenvalue weighted by atomic mass is 28.4. The summed E-state index contributed by atoms with van der Waals surface area (Å²) in [6.07, 6.45) is 0. The van der Waals surface area contributed by atoms with Gasteiger partial charge >= 0.3 is 0 Å². The van der Waals surface area contributed by atoms with E-state index in [0.29, 0.717) is 28.0 Å². The second kappa shape index (κ2) is 5.46. The predicted molar refractivity (Wildman–Crippen MR) is 91.5 cm³/mol. The van der Waals surface area contributed by atoms with Crippen molar-refractivity contribution < 1.29 is 8.82 Å². The van der Waals surface area contributed by atoms with Crippen LogP contribution in [0.5, 0.6) is 0 Å². The molecule has 1 heterocycles. The fourth-order valence-electron chi connectivity index (χ4n) is 1.89. The van der Waals surface area contributed by atoms with Gasteiger partial charge in [-0.05, 0) is 37.2 Å². The van der Waals surface area contributed by atoms with Crippen molar-refractivity contribution in [1.82, 2.24) is 9.97 Å². The highest BCUT2D eigenvalue weighted by Crippen LogP contribution is 2.39. The van der Waals surface area contributed by atoms with Crippen LogP contribution in [0.3, 0.4) is 0 Å². The topological polar surface area (TPSA) is 35.0 Å². The van der Waals surface area contributed by atoms with E-state index in [1.165, 1.54) is 0 Å². The van der Waals surface area contributed by atoms with E-state index in [-0.39, 0.29) is 5.04 Å². The zero-order valence-corrected chi connectivity index (χ0v) is 15.1. The first-order valence-electron chi connectivity index (χ1n) is 7.34. The Morgan fingerprint density at radius 1 is 1.23 bits per heavy atom. The van der Waals surface area contributed by atoms with Gasteiger partial charge in [0.1, 0.15) is 11.3 Å². The van der Waals surface area contributed by atoms with Gasteiger partial charge in [-0.15, -0.1) is 0 Å². The van der Waals surface area contributed by atoms with Crippen molar-refractivity contribution >= 4 is 25.1 Å². The largest absolute Gasteiger partial charge is 0.543 e. The molecule has 0 aliphatic rings. The molecule has 0 bridgehead atoms. The second-order valence-corrected chi connectivity index (χ2v) is 11.8. The fraction of sp³-hybridized carbons (Fsp3) is 0.412. The van der Waals surface area contributed by atoms with E-state index in [1.807, 2.05) is 18.2 Å². The first kappa shape index (κ1) is 16.6. The lowest BCUT2D eigenvalue weighted by molar-refractivity contribution is 0.459. The number of para-hydroxylation sites is 1. The van der Waals surface area contributed by atoms with Crippen LogP contribution in [0.15, 0.2) is 24.8 Å². The van der Waals surface area contributed by atoms with Gasteiger partial charge in [0.2, 0.25) is 14.3 Å². The van der Waals surface area contributed by atoms with Crippen LogP contribution in [0.2, 0.25) is 18.1 Å². The Bertz CT molecular complexity index is 735. The van der Waals surface area contributed by atoms with Crippen LogP contribution in [0.1, 0.15) is 32.0 Å². The van der Waals surface area contributed by atoms with Crippen molar-refractivity contribution in [3.05, 3.63) is 42.0 Å². The van der Waals surface area contributed by atoms with E-state index in [0.717, 1.165) is 0 Å². The van der Waals surface area contributed by atoms with Gasteiger partial charge in [0.25, 0.3) is 0 Å². The molecule has 1 aromatic heterocycles. The minimum absolute atomic E-state index is 0.0635. The van der Waals surface area contributed by atoms with E-state index in [9.17, 15) is 4.39 Å². The molecular formula is C17H23FN2OSi. The molecular weight excluding hydrogens is 295 g/mol. The standard InChI is InChI=1S/C17H23FN2OSi/c1-11-16(18)20-15-13(9-8-10-14(15)19-11)12(2)21-22(6,7)17(3,4)5/h8-10H,2H2,1,3-7H3. The molecule has 0 saturated heterocycles. The van der Waals surface area contributed by atoms with E-state index < -0.39 is 14.3 Å². The van der Waals surface area contributed by atoms with E-state index in [1.54, 1.807) is 6.92 Å². The third kappa shape index (κ3) is 3.04. The van der Waals surface area contributed by atoms with Crippen LogP contribution in [0, 0.1) is 12.9 Å². The molecule has 0 N–H and O–H groups in total. The Kier molecular flexibility index (Phi) is 4.13. The quantitative estimate of drug-likeness (QED) is 0.585. The first-order valence-corrected chi connectivity index (χ1v) is 10.2. The summed E-state index contributed by atoms with van der Waals surface area (Å²) in [5.41, 5.74) is 2.14. The Morgan fingerprint density at radius 3 is 2.45 bits per heavy atom. The first-order chi connectivity index (χ1) is 10.0. The SMILES string of the molecule is C=C(O[Si](C)(C)C(C)(C)C)c1cccc2nc(C)c(F)nc12. The van der Waals surface area contributed by atoms with Gasteiger partial charge in [-0.1, -0.05) is 33.4 Å². The number of halogens is 1. The Morgan fingerprint density at radius 2 is 1.86 bits per heavy atom. The minimum Gasteiger partial charge on any atom is -0.543 e. The maximum atomic E-state index is 13.8. The smallest absolute Gasteiger partial charge is 0.250 e. The lowest BCUT2D eigenvalue weighted by Crippen LogP contribution is -2.40. The molecule has 0 amide bonds. The van der Waals surface area contributed by atoms with Crippen molar-refractivity contribution in [1.29, 1.82) is 0 Å². The maximum absolute atomic E-state index is 13.8. The zero-order valence-electron chi connectivity index (χ0n) is 14.1. The summed E-state index contributed by atoms with van der Waals surface area (Å²) in [5, 5.41) is 0.0635. The van der Waals surface area contributed by atoms with Crippen LogP contribution >= 0.6 is 0 Å². The van der Waals surface area contributed by atoms with Crippen molar-refractivity contribution in [3.8, 4) is 0 Å². The maximum Gasteiger partial charge on any atom is 0.250 e. The molecule has 118 valence electrons. The predicted octanol–water partition coefficient (Wildman–Crippen LogP) is 5.07. The van der Waals surface area contributed by atoms with Gasteiger partial charge in [0, 0.05) is 5.56 Å². The second-order valence-electron chi connectivity index (χ2n) is 7.06. The third-order valence-corrected chi connectivity index (χ3v) is 8.67. The summed E-state index contributed by atoms with van der Waals surface area (Å²) in [6, 6.07) is 5.53. The lowest BCUT2D eigenvalue weighted by atomic mass is 10.1. The van der Waals surface area contributed by atoms with Crippen LogP contribution in [0.4, 0.5) is 4.39 Å². The molecule has 2 rings (SSSR count). The highest BCUT2D eigenvalue weighted by molar-refractivity contribution is 6.74. The number of rotatable bonds is 3. The molecule has 0 atom stereocenters. The van der Waals surface area contributed by atoms with Gasteiger partial charge in [-0.3, -0.25) is 0 Å². The van der Waals surface area contributed by atoms with Crippen LogP contribution in [-0.2, 0) is 4.43 Å². The molecule has 0 spiro atoms. The molecule has 0 aliphatic carbocycles. The molecule has 0 fully saturated rings. The normalized spacial score (nSPS) is 12.5. The molecule has 22 heavy (non-hydrogen) atoms. The number of benzene rings is 1. The summed E-state index contributed by atoms with van der Waals surface area (Å²) >= 11 is 0. The van der Waals surface area contributed by atoms with Crippen LogP contribution in [-0.4, -0.2) is 18.3 Å². The summed E-state index contributed by atoms with van der Waals surface area (Å²) in [7, 11) is -2.00. The van der Waals surface area contributed by atoms with Gasteiger partial charge in [-0.2, -0.15) is 4.39 Å². The molecule has 0 radical (unpaired) electrons. The van der Waals surface area contributed by atoms with Gasteiger partial charge in [-0.25, -0.2) is 9.97 Å². The highest BCUT2D eigenvalue weighted by Gasteiger charge is 2.39. The Hall–Kier alpha value is -1.75. The molecule has 0 saturated carbocycles. The van der Waals surface area contributed by atoms with E-state index in [4.69, 9.17) is 4.43 Å².